The fourth-order valence-electron chi connectivity index (χ4n) is 1.05. The lowest BCUT2D eigenvalue weighted by atomic mass is 10.2. The average Bonchev–Trinajstić information content (AvgIpc) is 2.25. The number of benzene rings is 1. The van der Waals surface area contributed by atoms with E-state index >= 15 is 0 Å². The molecular weight excluding hydrogens is 193 g/mol. The first kappa shape index (κ1) is 11.5. The molecule has 1 aromatic carbocycles. The number of hydrogen-bond acceptors (Lipinski definition) is 2. The fourth-order valence-corrected chi connectivity index (χ4v) is 1.05. The largest absolute Gasteiger partial charge is 0.494 e. The lowest BCUT2D eigenvalue weighted by molar-refractivity contribution is 0.315. The molecule has 15 heavy (non-hydrogen) atoms. The number of rotatable bonds is 3. The quantitative estimate of drug-likeness (QED) is 0.768. The van der Waals surface area contributed by atoms with Gasteiger partial charge in [-0.15, -0.1) is 0 Å². The molecule has 0 heterocycles. The van der Waals surface area contributed by atoms with Crippen molar-refractivity contribution >= 4 is 0 Å². The summed E-state index contributed by atoms with van der Waals surface area (Å²) in [6.07, 6.45) is 0.899. The van der Waals surface area contributed by atoms with Gasteiger partial charge in [0.2, 0.25) is 0 Å². The van der Waals surface area contributed by atoms with Crippen molar-refractivity contribution in [2.24, 2.45) is 5.73 Å². The van der Waals surface area contributed by atoms with Crippen LogP contribution in [0.5, 0.6) is 5.75 Å². The third kappa shape index (κ3) is 3.61. The number of halogens is 1. The molecule has 2 N–H and O–H groups in total. The van der Waals surface area contributed by atoms with Gasteiger partial charge in [-0.05, 0) is 18.6 Å². The molecule has 0 unspecified atom stereocenters. The molecule has 0 aliphatic heterocycles. The van der Waals surface area contributed by atoms with Crippen LogP contribution in [0.2, 0.25) is 0 Å². The fraction of sp³-hybridized carbons (Fsp3) is 0.333. The van der Waals surface area contributed by atoms with Crippen LogP contribution in [-0.4, -0.2) is 13.2 Å². The van der Waals surface area contributed by atoms with Gasteiger partial charge >= 0.3 is 0 Å². The first-order valence-corrected chi connectivity index (χ1v) is 4.89. The highest BCUT2D eigenvalue weighted by atomic mass is 19.1. The molecule has 0 atom stereocenters. The normalized spacial score (nSPS) is 9.27. The number of hydrogen-bond donors (Lipinski definition) is 1. The summed E-state index contributed by atoms with van der Waals surface area (Å²) < 4.78 is 18.7. The van der Waals surface area contributed by atoms with Crippen LogP contribution in [0, 0.1) is 17.7 Å². The van der Waals surface area contributed by atoms with E-state index in [0.29, 0.717) is 17.9 Å². The highest BCUT2D eigenvalue weighted by Gasteiger charge is 2.01. The maximum atomic E-state index is 13.4. The maximum absolute atomic E-state index is 13.4. The molecule has 0 saturated carbocycles. The third-order valence-electron chi connectivity index (χ3n) is 1.74. The second kappa shape index (κ2) is 6.05. The second-order valence-corrected chi connectivity index (χ2v) is 3.00. The molecule has 1 aromatic rings. The zero-order chi connectivity index (χ0) is 11.1. The van der Waals surface area contributed by atoms with Gasteiger partial charge in [0.15, 0.2) is 0 Å². The minimum Gasteiger partial charge on any atom is -0.494 e. The van der Waals surface area contributed by atoms with Crippen molar-refractivity contribution < 1.29 is 9.13 Å². The number of ether oxygens (including phenoxy) is 1. The van der Waals surface area contributed by atoms with Crippen LogP contribution in [0.4, 0.5) is 4.39 Å². The summed E-state index contributed by atoms with van der Waals surface area (Å²) in [6.45, 7) is 2.82. The first-order valence-electron chi connectivity index (χ1n) is 4.89. The summed E-state index contributed by atoms with van der Waals surface area (Å²) in [5.41, 5.74) is 5.55. The number of nitrogens with two attached hydrogens (primary N) is 1. The van der Waals surface area contributed by atoms with E-state index in [0.717, 1.165) is 6.42 Å². The van der Waals surface area contributed by atoms with Gasteiger partial charge < -0.3 is 10.5 Å². The summed E-state index contributed by atoms with van der Waals surface area (Å²) in [7, 11) is 0. The van der Waals surface area contributed by atoms with E-state index < -0.39 is 0 Å². The smallest absolute Gasteiger partial charge is 0.142 e. The zero-order valence-electron chi connectivity index (χ0n) is 8.72. The minimum absolute atomic E-state index is 0.230. The van der Waals surface area contributed by atoms with Crippen molar-refractivity contribution in [3.63, 3.8) is 0 Å². The van der Waals surface area contributed by atoms with E-state index in [9.17, 15) is 4.39 Å². The third-order valence-corrected chi connectivity index (χ3v) is 1.74. The van der Waals surface area contributed by atoms with Crippen molar-refractivity contribution in [3.8, 4) is 17.6 Å². The van der Waals surface area contributed by atoms with Crippen LogP contribution in [0.25, 0.3) is 0 Å². The Hall–Kier alpha value is -1.53. The Morgan fingerprint density at radius 1 is 1.47 bits per heavy atom. The second-order valence-electron chi connectivity index (χ2n) is 3.00. The SMILES string of the molecule is CCCOc1ccc(C#CCN)c(F)c1. The van der Waals surface area contributed by atoms with Gasteiger partial charge in [0.25, 0.3) is 0 Å². The molecule has 0 aromatic heterocycles. The molecule has 0 spiro atoms. The average molecular weight is 207 g/mol. The molecule has 0 radical (unpaired) electrons. The molecule has 0 aliphatic carbocycles. The summed E-state index contributed by atoms with van der Waals surface area (Å²) in [5, 5.41) is 0. The molecule has 1 rings (SSSR count). The van der Waals surface area contributed by atoms with Crippen LogP contribution >= 0.6 is 0 Å². The van der Waals surface area contributed by atoms with Crippen LogP contribution in [0.1, 0.15) is 18.9 Å². The van der Waals surface area contributed by atoms with E-state index in [-0.39, 0.29) is 12.4 Å². The monoisotopic (exact) mass is 207 g/mol. The molecule has 0 bridgehead atoms. The van der Waals surface area contributed by atoms with Gasteiger partial charge in [-0.3, -0.25) is 0 Å². The van der Waals surface area contributed by atoms with Crippen LogP contribution in [0.3, 0.4) is 0 Å². The maximum Gasteiger partial charge on any atom is 0.142 e. The van der Waals surface area contributed by atoms with Gasteiger partial charge in [0.1, 0.15) is 11.6 Å². The molecule has 2 nitrogen and oxygen atoms in total. The predicted molar refractivity (Wildman–Crippen MR) is 58.1 cm³/mol. The lowest BCUT2D eigenvalue weighted by Gasteiger charge is -2.04. The van der Waals surface area contributed by atoms with E-state index in [2.05, 4.69) is 11.8 Å². The first-order chi connectivity index (χ1) is 7.27. The van der Waals surface area contributed by atoms with Gasteiger partial charge in [-0.2, -0.15) is 0 Å². The molecular formula is C12H14FNO. The molecule has 0 amide bonds. The van der Waals surface area contributed by atoms with Crippen molar-refractivity contribution in [1.82, 2.24) is 0 Å². The van der Waals surface area contributed by atoms with E-state index in [1.54, 1.807) is 12.1 Å². The Morgan fingerprint density at radius 2 is 2.27 bits per heavy atom. The Bertz CT molecular complexity index is 379. The van der Waals surface area contributed by atoms with Gasteiger partial charge in [0.05, 0.1) is 18.7 Å². The van der Waals surface area contributed by atoms with Crippen LogP contribution < -0.4 is 10.5 Å². The predicted octanol–water partition coefficient (Wildman–Crippen LogP) is 1.92. The van der Waals surface area contributed by atoms with Crippen molar-refractivity contribution in [2.75, 3.05) is 13.2 Å². The van der Waals surface area contributed by atoms with E-state index in [1.807, 2.05) is 6.92 Å². The van der Waals surface area contributed by atoms with Crippen molar-refractivity contribution in [3.05, 3.63) is 29.6 Å². The summed E-state index contributed by atoms with van der Waals surface area (Å²) in [6, 6.07) is 4.65. The molecule has 0 fully saturated rings. The van der Waals surface area contributed by atoms with Crippen molar-refractivity contribution in [2.45, 2.75) is 13.3 Å². The Kier molecular flexibility index (Phi) is 4.65. The van der Waals surface area contributed by atoms with Crippen LogP contribution in [-0.2, 0) is 0 Å². The Morgan fingerprint density at radius 3 is 2.87 bits per heavy atom. The highest BCUT2D eigenvalue weighted by molar-refractivity contribution is 5.39. The Balaban J connectivity index is 2.78. The Labute approximate surface area is 89.2 Å². The minimum atomic E-state index is -0.371. The van der Waals surface area contributed by atoms with E-state index in [4.69, 9.17) is 10.5 Å². The van der Waals surface area contributed by atoms with E-state index in [1.165, 1.54) is 6.07 Å². The van der Waals surface area contributed by atoms with Gasteiger partial charge in [-0.1, -0.05) is 18.8 Å². The summed E-state index contributed by atoms with van der Waals surface area (Å²) >= 11 is 0. The zero-order valence-corrected chi connectivity index (χ0v) is 8.72. The molecule has 0 aliphatic rings. The lowest BCUT2D eigenvalue weighted by Crippen LogP contribution is -1.96. The van der Waals surface area contributed by atoms with Crippen molar-refractivity contribution in [1.29, 1.82) is 0 Å². The molecule has 80 valence electrons. The summed E-state index contributed by atoms with van der Waals surface area (Å²) in [5.74, 6) is 5.42. The van der Waals surface area contributed by atoms with Gasteiger partial charge in [0, 0.05) is 6.07 Å². The highest BCUT2D eigenvalue weighted by Crippen LogP contribution is 2.16. The standard InChI is InChI=1S/C12H14FNO/c1-2-8-15-11-6-5-10(4-3-7-14)12(13)9-11/h5-6,9H,2,7-8,14H2,1H3. The summed E-state index contributed by atoms with van der Waals surface area (Å²) in [4.78, 5) is 0. The van der Waals surface area contributed by atoms with Gasteiger partial charge in [-0.25, -0.2) is 4.39 Å². The van der Waals surface area contributed by atoms with Crippen LogP contribution in [0.15, 0.2) is 18.2 Å². The topological polar surface area (TPSA) is 35.2 Å². The molecule has 0 saturated heterocycles. The molecule has 3 heteroatoms.